The first-order chi connectivity index (χ1) is 16.4. The molecule has 0 fully saturated rings. The number of ether oxygens (including phenoxy) is 2. The van der Waals surface area contributed by atoms with Crippen molar-refractivity contribution < 1.29 is 19.1 Å². The Balaban J connectivity index is 1.86. The van der Waals surface area contributed by atoms with Crippen LogP contribution in [0.2, 0.25) is 0 Å². The summed E-state index contributed by atoms with van der Waals surface area (Å²) in [7, 11) is 0. The van der Waals surface area contributed by atoms with Crippen LogP contribution < -0.4 is 0 Å². The van der Waals surface area contributed by atoms with Gasteiger partial charge in [-0.1, -0.05) is 76.6 Å². The lowest BCUT2D eigenvalue weighted by Crippen LogP contribution is -2.15. The topological polar surface area (TPSA) is 52.6 Å². The van der Waals surface area contributed by atoms with Gasteiger partial charge in [0.2, 0.25) is 0 Å². The average molecular weight is 467 g/mol. The predicted molar refractivity (Wildman–Crippen MR) is 139 cm³/mol. The number of esters is 2. The molecule has 0 saturated heterocycles. The Hall–Kier alpha value is -2.62. The van der Waals surface area contributed by atoms with Crippen molar-refractivity contribution in [2.24, 2.45) is 0 Å². The summed E-state index contributed by atoms with van der Waals surface area (Å²) >= 11 is 0. The molecule has 0 aliphatic rings. The number of carbonyl (C=O) groups excluding carboxylic acids is 2. The van der Waals surface area contributed by atoms with E-state index < -0.39 is 0 Å². The van der Waals surface area contributed by atoms with Gasteiger partial charge in [-0.15, -0.1) is 0 Å². The van der Waals surface area contributed by atoms with Crippen LogP contribution in [0.5, 0.6) is 0 Å². The number of unbranched alkanes of at least 4 members (excludes halogenated alkanes) is 6. The van der Waals surface area contributed by atoms with Gasteiger partial charge in [0, 0.05) is 0 Å². The summed E-state index contributed by atoms with van der Waals surface area (Å²) in [6.07, 6.45) is 11.0. The highest BCUT2D eigenvalue weighted by atomic mass is 16.5. The predicted octanol–water partition coefficient (Wildman–Crippen LogP) is 8.39. The van der Waals surface area contributed by atoms with Crippen LogP contribution in [-0.4, -0.2) is 24.1 Å². The van der Waals surface area contributed by atoms with Gasteiger partial charge in [0.25, 0.3) is 0 Å². The maximum atomic E-state index is 12.4. The molecule has 0 aliphatic heterocycles. The first-order valence-electron chi connectivity index (χ1n) is 13.1. The van der Waals surface area contributed by atoms with Gasteiger partial charge in [-0.2, -0.15) is 0 Å². The highest BCUT2D eigenvalue weighted by Crippen LogP contribution is 2.22. The van der Waals surface area contributed by atoms with E-state index in [0.29, 0.717) is 11.1 Å². The van der Waals surface area contributed by atoms with Crippen LogP contribution in [0.3, 0.4) is 0 Å². The molecule has 2 atom stereocenters. The molecule has 0 aromatic heterocycles. The van der Waals surface area contributed by atoms with Gasteiger partial charge in [0.1, 0.15) is 0 Å². The zero-order chi connectivity index (χ0) is 24.8. The minimum atomic E-state index is -0.281. The Kier molecular flexibility index (Phi) is 12.4. The third-order valence-electron chi connectivity index (χ3n) is 6.12. The van der Waals surface area contributed by atoms with Crippen LogP contribution in [0.1, 0.15) is 113 Å². The van der Waals surface area contributed by atoms with Crippen molar-refractivity contribution in [3.8, 4) is 11.1 Å². The van der Waals surface area contributed by atoms with Crippen LogP contribution in [-0.2, 0) is 9.47 Å². The van der Waals surface area contributed by atoms with Crippen molar-refractivity contribution >= 4 is 11.9 Å². The molecule has 34 heavy (non-hydrogen) atoms. The normalized spacial score (nSPS) is 12.7. The third kappa shape index (κ3) is 9.70. The van der Waals surface area contributed by atoms with Crippen molar-refractivity contribution in [3.05, 3.63) is 59.7 Å². The maximum Gasteiger partial charge on any atom is 0.338 e. The van der Waals surface area contributed by atoms with E-state index in [1.165, 1.54) is 38.5 Å². The molecule has 0 N–H and O–H groups in total. The van der Waals surface area contributed by atoms with Gasteiger partial charge in [0.15, 0.2) is 0 Å². The largest absolute Gasteiger partial charge is 0.459 e. The second kappa shape index (κ2) is 15.3. The molecule has 186 valence electrons. The van der Waals surface area contributed by atoms with E-state index in [1.807, 2.05) is 38.1 Å². The summed E-state index contributed by atoms with van der Waals surface area (Å²) in [6, 6.07) is 14.8. The molecule has 2 unspecified atom stereocenters. The third-order valence-corrected chi connectivity index (χ3v) is 6.12. The molecular formula is C30H42O4. The minimum Gasteiger partial charge on any atom is -0.459 e. The second-order valence-corrected chi connectivity index (χ2v) is 9.29. The molecule has 2 rings (SSSR count). The van der Waals surface area contributed by atoms with E-state index in [1.54, 1.807) is 24.3 Å². The van der Waals surface area contributed by atoms with Gasteiger partial charge in [-0.05, 0) is 74.9 Å². The number of rotatable bonds is 15. The highest BCUT2D eigenvalue weighted by Gasteiger charge is 2.14. The van der Waals surface area contributed by atoms with Crippen LogP contribution in [0.15, 0.2) is 48.5 Å². The van der Waals surface area contributed by atoms with Crippen LogP contribution in [0, 0.1) is 0 Å². The number of hydrogen-bond donors (Lipinski definition) is 0. The molecule has 2 aromatic rings. The standard InChI is InChI=1S/C30H42O4/c1-5-7-9-11-13-23(3)33-29(31)27-19-15-25(16-20-27)26-17-21-28(22-18-26)30(32)34-24(4)14-12-10-8-6-2/h15-24H,5-14H2,1-4H3. The van der Waals surface area contributed by atoms with E-state index in [9.17, 15) is 9.59 Å². The summed E-state index contributed by atoms with van der Waals surface area (Å²) in [5, 5.41) is 0. The SMILES string of the molecule is CCCCCCC(C)OC(=O)c1ccc(-c2ccc(C(=O)OC(C)CCCCCC)cc2)cc1. The fourth-order valence-electron chi connectivity index (χ4n) is 3.93. The maximum absolute atomic E-state index is 12.4. The van der Waals surface area contributed by atoms with Crippen LogP contribution >= 0.6 is 0 Å². The van der Waals surface area contributed by atoms with Gasteiger partial charge in [-0.3, -0.25) is 0 Å². The van der Waals surface area contributed by atoms with E-state index >= 15 is 0 Å². The summed E-state index contributed by atoms with van der Waals surface area (Å²) in [5.41, 5.74) is 3.07. The van der Waals surface area contributed by atoms with Crippen molar-refractivity contribution in [3.63, 3.8) is 0 Å². The zero-order valence-corrected chi connectivity index (χ0v) is 21.5. The molecule has 0 saturated carbocycles. The Labute approximate surface area is 206 Å². The first kappa shape index (κ1) is 27.6. The van der Waals surface area contributed by atoms with Gasteiger partial charge in [0.05, 0.1) is 23.3 Å². The number of hydrogen-bond acceptors (Lipinski definition) is 4. The summed E-state index contributed by atoms with van der Waals surface area (Å²) < 4.78 is 11.2. The van der Waals surface area contributed by atoms with Crippen LogP contribution in [0.4, 0.5) is 0 Å². The Morgan fingerprint density at radius 3 is 1.26 bits per heavy atom. The monoisotopic (exact) mass is 466 g/mol. The highest BCUT2D eigenvalue weighted by molar-refractivity contribution is 5.91. The fraction of sp³-hybridized carbons (Fsp3) is 0.533. The lowest BCUT2D eigenvalue weighted by atomic mass is 10.0. The Morgan fingerprint density at radius 1 is 0.588 bits per heavy atom. The summed E-state index contributed by atoms with van der Waals surface area (Å²) in [6.45, 7) is 8.29. The van der Waals surface area contributed by atoms with Gasteiger partial charge < -0.3 is 9.47 Å². The van der Waals surface area contributed by atoms with Crippen molar-refractivity contribution in [1.82, 2.24) is 0 Å². The van der Waals surface area contributed by atoms with E-state index in [-0.39, 0.29) is 24.1 Å². The fourth-order valence-corrected chi connectivity index (χ4v) is 3.93. The van der Waals surface area contributed by atoms with Crippen LogP contribution in [0.25, 0.3) is 11.1 Å². The smallest absolute Gasteiger partial charge is 0.338 e. The molecule has 0 spiro atoms. The molecule has 0 heterocycles. The number of benzene rings is 2. The molecular weight excluding hydrogens is 424 g/mol. The molecule has 0 aliphatic carbocycles. The summed E-state index contributed by atoms with van der Waals surface area (Å²) in [5.74, 6) is -0.562. The average Bonchev–Trinajstić information content (AvgIpc) is 2.84. The zero-order valence-electron chi connectivity index (χ0n) is 21.5. The minimum absolute atomic E-state index is 0.0737. The van der Waals surface area contributed by atoms with Crippen molar-refractivity contribution in [1.29, 1.82) is 0 Å². The second-order valence-electron chi connectivity index (χ2n) is 9.29. The Morgan fingerprint density at radius 2 is 0.941 bits per heavy atom. The van der Waals surface area contributed by atoms with Gasteiger partial charge in [-0.25, -0.2) is 9.59 Å². The lowest BCUT2D eigenvalue weighted by molar-refractivity contribution is 0.0309. The molecule has 4 nitrogen and oxygen atoms in total. The molecule has 0 amide bonds. The molecule has 4 heteroatoms. The van der Waals surface area contributed by atoms with E-state index in [4.69, 9.17) is 9.47 Å². The quantitative estimate of drug-likeness (QED) is 0.195. The molecule has 0 bridgehead atoms. The van der Waals surface area contributed by atoms with Crippen molar-refractivity contribution in [2.75, 3.05) is 0 Å². The molecule has 2 aromatic carbocycles. The van der Waals surface area contributed by atoms with Crippen molar-refractivity contribution in [2.45, 2.75) is 104 Å². The first-order valence-corrected chi connectivity index (χ1v) is 13.1. The Bertz CT molecular complexity index is 781. The van der Waals surface area contributed by atoms with E-state index in [2.05, 4.69) is 13.8 Å². The summed E-state index contributed by atoms with van der Waals surface area (Å²) in [4.78, 5) is 24.8. The lowest BCUT2D eigenvalue weighted by Gasteiger charge is -2.14. The molecule has 0 radical (unpaired) electrons. The number of carbonyl (C=O) groups is 2. The van der Waals surface area contributed by atoms with Gasteiger partial charge >= 0.3 is 11.9 Å². The van der Waals surface area contributed by atoms with E-state index in [0.717, 1.165) is 36.8 Å².